The summed E-state index contributed by atoms with van der Waals surface area (Å²) in [5.41, 5.74) is 1.65. The smallest absolute Gasteiger partial charge is 0.254 e. The average molecular weight is 209 g/mol. The molecule has 0 unspecified atom stereocenters. The maximum absolute atomic E-state index is 11.6. The second-order valence-electron chi connectivity index (χ2n) is 3.99. The van der Waals surface area contributed by atoms with E-state index in [0.717, 1.165) is 36.5 Å². The van der Waals surface area contributed by atoms with Crippen LogP contribution in [0.3, 0.4) is 0 Å². The maximum Gasteiger partial charge on any atom is 0.254 e. The van der Waals surface area contributed by atoms with E-state index in [9.17, 15) is 4.79 Å². The highest BCUT2D eigenvalue weighted by atomic mass is 16.1. The quantitative estimate of drug-likeness (QED) is 0.796. The van der Waals surface area contributed by atoms with Crippen LogP contribution in [-0.4, -0.2) is 35.5 Å². The normalized spacial score (nSPS) is 11.0. The third kappa shape index (κ3) is 3.16. The Hall–Kier alpha value is -1.16. The lowest BCUT2D eigenvalue weighted by atomic mass is 10.2. The van der Waals surface area contributed by atoms with Crippen LogP contribution in [0.25, 0.3) is 0 Å². The molecule has 1 N–H and O–H groups in total. The van der Waals surface area contributed by atoms with Gasteiger partial charge in [0.1, 0.15) is 5.82 Å². The summed E-state index contributed by atoms with van der Waals surface area (Å²) in [6.07, 6.45) is 1.60. The number of nitrogens with one attached hydrogen (secondary N) is 1. The fourth-order valence-corrected chi connectivity index (χ4v) is 1.42. The molecule has 0 saturated heterocycles. The molecule has 4 nitrogen and oxygen atoms in total. The predicted octanol–water partition coefficient (Wildman–Crippen LogP) is 0.745. The largest absolute Gasteiger partial charge is 0.310 e. The van der Waals surface area contributed by atoms with Gasteiger partial charge in [0.05, 0.1) is 5.69 Å². The molecule has 0 bridgehead atoms. The second kappa shape index (κ2) is 5.07. The molecule has 0 fully saturated rings. The molecule has 0 aliphatic heterocycles. The lowest BCUT2D eigenvalue weighted by Gasteiger charge is -2.10. The number of hydrogen-bond acceptors (Lipinski definition) is 3. The molecule has 0 atom stereocenters. The van der Waals surface area contributed by atoms with Crippen LogP contribution in [0.5, 0.6) is 0 Å². The highest BCUT2D eigenvalue weighted by molar-refractivity contribution is 5.15. The minimum atomic E-state index is -0.00407. The Balaban J connectivity index is 2.91. The first-order valence-corrected chi connectivity index (χ1v) is 5.28. The van der Waals surface area contributed by atoms with E-state index in [1.807, 2.05) is 27.9 Å². The van der Waals surface area contributed by atoms with Crippen LogP contribution in [0.4, 0.5) is 0 Å². The first-order chi connectivity index (χ1) is 7.04. The number of H-pyrrole nitrogens is 1. The fourth-order valence-electron chi connectivity index (χ4n) is 1.42. The minimum Gasteiger partial charge on any atom is -0.310 e. The number of hydrogen-bond donors (Lipinski definition) is 1. The Bertz CT molecular complexity index is 382. The summed E-state index contributed by atoms with van der Waals surface area (Å²) in [4.78, 5) is 20.9. The molecular formula is C11H19N3O. The summed E-state index contributed by atoms with van der Waals surface area (Å²) in [7, 11) is 4.01. The van der Waals surface area contributed by atoms with E-state index in [0.29, 0.717) is 0 Å². The average Bonchev–Trinajstić information content (AvgIpc) is 2.19. The summed E-state index contributed by atoms with van der Waals surface area (Å²) in [5, 5.41) is 0. The van der Waals surface area contributed by atoms with Gasteiger partial charge in [-0.05, 0) is 27.4 Å². The molecular weight excluding hydrogens is 190 g/mol. The zero-order valence-electron chi connectivity index (χ0n) is 9.92. The van der Waals surface area contributed by atoms with Crippen LogP contribution in [0.1, 0.15) is 24.0 Å². The van der Waals surface area contributed by atoms with Crippen molar-refractivity contribution < 1.29 is 0 Å². The Kier molecular flexibility index (Phi) is 4.03. The van der Waals surface area contributed by atoms with E-state index in [1.54, 1.807) is 0 Å². The van der Waals surface area contributed by atoms with E-state index in [4.69, 9.17) is 0 Å². The Morgan fingerprint density at radius 2 is 2.07 bits per heavy atom. The Morgan fingerprint density at radius 1 is 1.40 bits per heavy atom. The number of aryl methyl sites for hydroxylation is 1. The monoisotopic (exact) mass is 209 g/mol. The van der Waals surface area contributed by atoms with Crippen molar-refractivity contribution in [3.63, 3.8) is 0 Å². The fraction of sp³-hybridized carbons (Fsp3) is 0.636. The van der Waals surface area contributed by atoms with Crippen LogP contribution in [0, 0.1) is 6.92 Å². The van der Waals surface area contributed by atoms with Crippen molar-refractivity contribution in [3.05, 3.63) is 27.4 Å². The lowest BCUT2D eigenvalue weighted by Crippen LogP contribution is -2.21. The van der Waals surface area contributed by atoms with Crippen molar-refractivity contribution in [2.24, 2.45) is 0 Å². The molecule has 4 heteroatoms. The highest BCUT2D eigenvalue weighted by Gasteiger charge is 2.05. The molecule has 0 saturated carbocycles. The van der Waals surface area contributed by atoms with Crippen molar-refractivity contribution in [2.45, 2.75) is 26.7 Å². The standard InChI is InChI=1S/C11H19N3O/c1-5-9-8(2)11(15)13-10(12-9)6-7-14(3)4/h5-7H2,1-4H3,(H,12,13,15). The summed E-state index contributed by atoms with van der Waals surface area (Å²) < 4.78 is 0. The van der Waals surface area contributed by atoms with Crippen LogP contribution in [-0.2, 0) is 12.8 Å². The Labute approximate surface area is 90.3 Å². The molecule has 0 aliphatic rings. The van der Waals surface area contributed by atoms with Crippen molar-refractivity contribution in [1.82, 2.24) is 14.9 Å². The summed E-state index contributed by atoms with van der Waals surface area (Å²) in [6.45, 7) is 4.74. The number of rotatable bonds is 4. The zero-order valence-corrected chi connectivity index (χ0v) is 9.92. The Morgan fingerprint density at radius 3 is 2.60 bits per heavy atom. The molecule has 1 aromatic rings. The van der Waals surface area contributed by atoms with E-state index in [1.165, 1.54) is 0 Å². The van der Waals surface area contributed by atoms with Crippen LogP contribution in [0.2, 0.25) is 0 Å². The summed E-state index contributed by atoms with van der Waals surface area (Å²) >= 11 is 0. The van der Waals surface area contributed by atoms with Gasteiger partial charge in [-0.1, -0.05) is 6.92 Å². The van der Waals surface area contributed by atoms with E-state index in [2.05, 4.69) is 14.9 Å². The number of nitrogens with zero attached hydrogens (tertiary/aromatic N) is 2. The first-order valence-electron chi connectivity index (χ1n) is 5.28. The SMILES string of the molecule is CCc1nc(CCN(C)C)[nH]c(=O)c1C. The molecule has 1 aromatic heterocycles. The highest BCUT2D eigenvalue weighted by Crippen LogP contribution is 2.00. The number of aromatic amines is 1. The molecule has 0 aromatic carbocycles. The van der Waals surface area contributed by atoms with Crippen LogP contribution >= 0.6 is 0 Å². The molecule has 1 heterocycles. The van der Waals surface area contributed by atoms with E-state index >= 15 is 0 Å². The first kappa shape index (κ1) is 11.9. The van der Waals surface area contributed by atoms with Gasteiger partial charge in [0.25, 0.3) is 5.56 Å². The molecule has 0 amide bonds. The van der Waals surface area contributed by atoms with Crippen molar-refractivity contribution in [1.29, 1.82) is 0 Å². The van der Waals surface area contributed by atoms with Crippen LogP contribution in [0.15, 0.2) is 4.79 Å². The van der Waals surface area contributed by atoms with Crippen molar-refractivity contribution >= 4 is 0 Å². The second-order valence-corrected chi connectivity index (χ2v) is 3.99. The number of aromatic nitrogens is 2. The van der Waals surface area contributed by atoms with E-state index in [-0.39, 0.29) is 5.56 Å². The van der Waals surface area contributed by atoms with Gasteiger partial charge in [-0.15, -0.1) is 0 Å². The summed E-state index contributed by atoms with van der Waals surface area (Å²) in [6, 6.07) is 0. The molecule has 1 rings (SSSR count). The van der Waals surface area contributed by atoms with Gasteiger partial charge in [0.15, 0.2) is 0 Å². The summed E-state index contributed by atoms with van der Waals surface area (Å²) in [5.74, 6) is 0.788. The predicted molar refractivity (Wildman–Crippen MR) is 61.2 cm³/mol. The van der Waals surface area contributed by atoms with Gasteiger partial charge in [0.2, 0.25) is 0 Å². The minimum absolute atomic E-state index is 0.00407. The molecule has 0 radical (unpaired) electrons. The van der Waals surface area contributed by atoms with Gasteiger partial charge in [0, 0.05) is 18.5 Å². The molecule has 0 spiro atoms. The van der Waals surface area contributed by atoms with Gasteiger partial charge < -0.3 is 9.88 Å². The van der Waals surface area contributed by atoms with Gasteiger partial charge >= 0.3 is 0 Å². The van der Waals surface area contributed by atoms with Crippen molar-refractivity contribution in [2.75, 3.05) is 20.6 Å². The van der Waals surface area contributed by atoms with E-state index < -0.39 is 0 Å². The molecule has 0 aliphatic carbocycles. The van der Waals surface area contributed by atoms with Gasteiger partial charge in [-0.3, -0.25) is 4.79 Å². The maximum atomic E-state index is 11.6. The van der Waals surface area contributed by atoms with Crippen LogP contribution < -0.4 is 5.56 Å². The van der Waals surface area contributed by atoms with Gasteiger partial charge in [-0.2, -0.15) is 0 Å². The topological polar surface area (TPSA) is 49.0 Å². The van der Waals surface area contributed by atoms with Crippen molar-refractivity contribution in [3.8, 4) is 0 Å². The third-order valence-electron chi connectivity index (χ3n) is 2.43. The van der Waals surface area contributed by atoms with Gasteiger partial charge in [-0.25, -0.2) is 4.98 Å². The zero-order chi connectivity index (χ0) is 11.4. The number of likely N-dealkylation sites (N-methyl/N-ethyl adjacent to an activating group) is 1. The molecule has 15 heavy (non-hydrogen) atoms. The third-order valence-corrected chi connectivity index (χ3v) is 2.43. The lowest BCUT2D eigenvalue weighted by molar-refractivity contribution is 0.409. The molecule has 84 valence electrons.